The van der Waals surface area contributed by atoms with E-state index in [2.05, 4.69) is 13.8 Å². The number of carbonyl (C=O) groups excluding carboxylic acids is 4. The summed E-state index contributed by atoms with van der Waals surface area (Å²) in [5, 5.41) is 3.76. The largest absolute Gasteiger partial charge is 0.491 e. The molecule has 1 aliphatic heterocycles. The Morgan fingerprint density at radius 3 is 2.37 bits per heavy atom. The lowest BCUT2D eigenvalue weighted by atomic mass is 9.77. The van der Waals surface area contributed by atoms with Gasteiger partial charge in [0, 0.05) is 49.3 Å². The highest BCUT2D eigenvalue weighted by molar-refractivity contribution is 7.09. The van der Waals surface area contributed by atoms with E-state index in [4.69, 9.17) is 33.7 Å². The second kappa shape index (κ2) is 17.7. The molecular weight excluding hydrogens is 783 g/mol. The third-order valence-corrected chi connectivity index (χ3v) is 14.1. The lowest BCUT2D eigenvalue weighted by Gasteiger charge is -2.35. The number of ketones is 1. The number of hydrogen-bond donors (Lipinski definition) is 0. The number of methoxy groups -OCH3 is 2. The SMILES string of the molecule is CC[C@@H]1C[C@]1(CC(=O)[C@@H]1C[C@@H](Oc2cc(-c3csc(CC(C)C)n3)nc3cc(OCC(C)OC)ccc23)CN1C(=O)C(CC(=O)OC1C[C@@H]2C[C@@H]2C1)C(C)(C)C)C(=O)OC. The number of nitrogens with zero attached hydrogens (tertiary/aromatic N) is 3. The zero-order valence-electron chi connectivity index (χ0n) is 36.8. The van der Waals surface area contributed by atoms with E-state index in [-0.39, 0.29) is 67.6 Å². The summed E-state index contributed by atoms with van der Waals surface area (Å²) in [6.07, 6.45) is 4.48. The summed E-state index contributed by atoms with van der Waals surface area (Å²) in [6.45, 7) is 14.6. The number of Topliss-reactive ketones (excluding diaryl/α,β-unsaturated/α-hetero) is 1. The number of rotatable bonds is 18. The summed E-state index contributed by atoms with van der Waals surface area (Å²) < 4.78 is 29.5. The van der Waals surface area contributed by atoms with Crippen molar-refractivity contribution in [3.05, 3.63) is 34.7 Å². The molecule has 0 N–H and O–H groups in total. The Morgan fingerprint density at radius 2 is 1.72 bits per heavy atom. The molecule has 4 aliphatic rings. The van der Waals surface area contributed by atoms with Crippen LogP contribution in [0.2, 0.25) is 0 Å². The topological polar surface area (TPSA) is 143 Å². The van der Waals surface area contributed by atoms with Gasteiger partial charge in [-0.2, -0.15) is 0 Å². The van der Waals surface area contributed by atoms with Crippen molar-refractivity contribution >= 4 is 45.9 Å². The Bertz CT molecular complexity index is 2070. The molecule has 1 aromatic carbocycles. The smallest absolute Gasteiger partial charge is 0.312 e. The fourth-order valence-corrected chi connectivity index (χ4v) is 10.5. The van der Waals surface area contributed by atoms with Crippen LogP contribution in [0.4, 0.5) is 0 Å². The number of esters is 2. The maximum absolute atomic E-state index is 14.9. The minimum absolute atomic E-state index is 0.0269. The van der Waals surface area contributed by atoms with Crippen LogP contribution >= 0.6 is 11.3 Å². The third kappa shape index (κ3) is 9.67. The van der Waals surface area contributed by atoms with Crippen LogP contribution in [0, 0.1) is 40.4 Å². The van der Waals surface area contributed by atoms with Crippen molar-refractivity contribution in [3.63, 3.8) is 0 Å². The first kappa shape index (κ1) is 44.0. The second-order valence-electron chi connectivity index (χ2n) is 19.3. The van der Waals surface area contributed by atoms with Gasteiger partial charge in [0.2, 0.25) is 5.91 Å². The maximum Gasteiger partial charge on any atom is 0.312 e. The van der Waals surface area contributed by atoms with E-state index in [1.54, 1.807) is 23.3 Å². The van der Waals surface area contributed by atoms with Crippen LogP contribution in [0.15, 0.2) is 29.6 Å². The van der Waals surface area contributed by atoms with Gasteiger partial charge in [-0.15, -0.1) is 11.3 Å². The summed E-state index contributed by atoms with van der Waals surface area (Å²) in [6, 6.07) is 6.67. The molecule has 3 saturated carbocycles. The predicted octanol–water partition coefficient (Wildman–Crippen LogP) is 8.26. The third-order valence-electron chi connectivity index (χ3n) is 13.3. The van der Waals surface area contributed by atoms with Gasteiger partial charge in [-0.05, 0) is 73.8 Å². The van der Waals surface area contributed by atoms with E-state index in [1.165, 1.54) is 13.5 Å². The van der Waals surface area contributed by atoms with Crippen LogP contribution in [0.25, 0.3) is 22.3 Å². The van der Waals surface area contributed by atoms with Crippen LogP contribution in [-0.4, -0.2) is 90.2 Å². The Morgan fingerprint density at radius 1 is 0.967 bits per heavy atom. The number of amides is 1. The van der Waals surface area contributed by atoms with Crippen molar-refractivity contribution in [1.29, 1.82) is 0 Å². The van der Waals surface area contributed by atoms with E-state index in [9.17, 15) is 19.2 Å². The molecule has 4 fully saturated rings. The Balaban J connectivity index is 1.20. The van der Waals surface area contributed by atoms with E-state index >= 15 is 0 Å². The molecule has 2 aromatic heterocycles. The maximum atomic E-state index is 14.9. The van der Waals surface area contributed by atoms with E-state index in [1.807, 2.05) is 64.3 Å². The molecule has 3 unspecified atom stereocenters. The van der Waals surface area contributed by atoms with Gasteiger partial charge in [0.25, 0.3) is 0 Å². The van der Waals surface area contributed by atoms with Crippen LogP contribution < -0.4 is 9.47 Å². The van der Waals surface area contributed by atoms with E-state index in [0.717, 1.165) is 41.8 Å². The number of ether oxygens (including phenoxy) is 5. The van der Waals surface area contributed by atoms with Gasteiger partial charge in [0.15, 0.2) is 5.78 Å². The number of likely N-dealkylation sites (tertiary alicyclic amines) is 1. The van der Waals surface area contributed by atoms with Crippen LogP contribution in [0.1, 0.15) is 105 Å². The molecule has 60 heavy (non-hydrogen) atoms. The summed E-state index contributed by atoms with van der Waals surface area (Å²) >= 11 is 1.60. The van der Waals surface area contributed by atoms with Gasteiger partial charge in [-0.1, -0.05) is 48.0 Å². The minimum atomic E-state index is -0.900. The first-order valence-corrected chi connectivity index (χ1v) is 22.7. The zero-order chi connectivity index (χ0) is 43.1. The van der Waals surface area contributed by atoms with Gasteiger partial charge in [-0.25, -0.2) is 9.97 Å². The molecule has 7 rings (SSSR count). The molecule has 1 amide bonds. The van der Waals surface area contributed by atoms with Crippen molar-refractivity contribution in [2.45, 2.75) is 131 Å². The van der Waals surface area contributed by atoms with Crippen molar-refractivity contribution in [2.75, 3.05) is 27.4 Å². The highest BCUT2D eigenvalue weighted by atomic mass is 32.1. The minimum Gasteiger partial charge on any atom is -0.491 e. The molecule has 0 spiro atoms. The number of carbonyl (C=O) groups is 4. The Hall–Kier alpha value is -4.10. The Labute approximate surface area is 358 Å². The number of pyridine rings is 1. The summed E-state index contributed by atoms with van der Waals surface area (Å²) in [4.78, 5) is 67.6. The lowest BCUT2D eigenvalue weighted by molar-refractivity contribution is -0.157. The first-order valence-electron chi connectivity index (χ1n) is 21.8. The highest BCUT2D eigenvalue weighted by Gasteiger charge is 2.62. The molecule has 1 saturated heterocycles. The van der Waals surface area contributed by atoms with Crippen molar-refractivity contribution in [1.82, 2.24) is 14.9 Å². The van der Waals surface area contributed by atoms with Crippen LogP contribution in [-0.2, 0) is 39.8 Å². The van der Waals surface area contributed by atoms with Crippen molar-refractivity contribution < 1.29 is 42.9 Å². The normalized spacial score (nSPS) is 26.7. The number of fused-ring (bicyclic) bond motifs is 2. The molecule has 3 aliphatic carbocycles. The van der Waals surface area contributed by atoms with E-state index in [0.29, 0.717) is 53.5 Å². The molecule has 0 radical (unpaired) electrons. The van der Waals surface area contributed by atoms with Gasteiger partial charge in [-0.3, -0.25) is 19.2 Å². The molecule has 9 atom stereocenters. The number of hydrogen-bond acceptors (Lipinski definition) is 12. The molecule has 12 nitrogen and oxygen atoms in total. The second-order valence-corrected chi connectivity index (χ2v) is 20.3. The number of aromatic nitrogens is 2. The van der Waals surface area contributed by atoms with Gasteiger partial charge in [0.05, 0.1) is 65.5 Å². The van der Waals surface area contributed by atoms with Crippen LogP contribution in [0.3, 0.4) is 0 Å². The van der Waals surface area contributed by atoms with Gasteiger partial charge in [0.1, 0.15) is 30.3 Å². The molecule has 3 heterocycles. The molecule has 3 aromatic rings. The summed E-state index contributed by atoms with van der Waals surface area (Å²) in [7, 11) is 3.00. The first-order chi connectivity index (χ1) is 28.5. The lowest BCUT2D eigenvalue weighted by Crippen LogP contribution is -2.48. The fraction of sp³-hybridized carbons (Fsp3) is 0.660. The number of benzene rings is 1. The zero-order valence-corrected chi connectivity index (χ0v) is 37.6. The number of thiazole rings is 1. The average molecular weight is 846 g/mol. The van der Waals surface area contributed by atoms with Crippen LogP contribution in [0.5, 0.6) is 11.5 Å². The fourth-order valence-electron chi connectivity index (χ4n) is 9.47. The summed E-state index contributed by atoms with van der Waals surface area (Å²) in [5.74, 6) is 0.947. The summed E-state index contributed by atoms with van der Waals surface area (Å²) in [5.41, 5.74) is 0.497. The average Bonchev–Trinajstić information content (AvgIpc) is 3.87. The molecule has 0 bridgehead atoms. The predicted molar refractivity (Wildman–Crippen MR) is 229 cm³/mol. The Kier molecular flexibility index (Phi) is 13.0. The molecular formula is C47H63N3O9S. The molecule has 326 valence electrons. The van der Waals surface area contributed by atoms with Crippen molar-refractivity contribution in [2.24, 2.45) is 40.4 Å². The van der Waals surface area contributed by atoms with Crippen molar-refractivity contribution in [3.8, 4) is 22.9 Å². The highest BCUT2D eigenvalue weighted by Crippen LogP contribution is 2.58. The van der Waals surface area contributed by atoms with E-state index < -0.39 is 28.9 Å². The quantitative estimate of drug-likeness (QED) is 0.114. The standard InChI is InChI=1S/C47H63N3O9S/c1-10-30-21-47(30,45(54)56-9)22-40(51)39-18-33(23-50(39)44(53)35(46(5,6)7)19-43(52)59-32-15-28-14-29(28)16-32)58-41-20-37(38-25-60-42(49-38)13-26(2)3)48-36-17-31(11-12-34(36)41)57-24-27(4)55-8/h11-12,17,20,25-30,32-33,35,39H,10,13-16,18-19,21-24H2,1-9H3/t27?,28-,29+,30-,32?,33-,35?,39+,47-/m1/s1. The monoisotopic (exact) mass is 845 g/mol. The van der Waals surface area contributed by atoms with Gasteiger partial charge >= 0.3 is 11.9 Å². The molecule has 13 heteroatoms. The van der Waals surface area contributed by atoms with Gasteiger partial charge < -0.3 is 28.6 Å².